The van der Waals surface area contributed by atoms with Gasteiger partial charge in [0.1, 0.15) is 0 Å². The van der Waals surface area contributed by atoms with Crippen LogP contribution in [-0.4, -0.2) is 11.5 Å². The number of hydrogen-bond acceptors (Lipinski definition) is 3. The molecule has 2 aliphatic carbocycles. The van der Waals surface area contributed by atoms with E-state index in [2.05, 4.69) is 19.2 Å². The number of thiazole rings is 1. The van der Waals surface area contributed by atoms with Crippen LogP contribution in [0.15, 0.2) is 0 Å². The lowest BCUT2D eigenvalue weighted by Crippen LogP contribution is -2.11. The summed E-state index contributed by atoms with van der Waals surface area (Å²) in [5.41, 5.74) is 1.45. The molecule has 2 nitrogen and oxygen atoms in total. The Balaban J connectivity index is 1.74. The summed E-state index contributed by atoms with van der Waals surface area (Å²) >= 11 is 2.00. The third kappa shape index (κ3) is 3.03. The molecule has 2 saturated carbocycles. The lowest BCUT2D eigenvalue weighted by Gasteiger charge is -2.06. The van der Waals surface area contributed by atoms with Crippen LogP contribution >= 0.6 is 11.3 Å². The van der Waals surface area contributed by atoms with Crippen molar-refractivity contribution in [3.05, 3.63) is 15.6 Å². The maximum absolute atomic E-state index is 5.05. The molecule has 106 valence electrons. The molecule has 2 atom stereocenters. The van der Waals surface area contributed by atoms with Crippen LogP contribution in [0.5, 0.6) is 0 Å². The topological polar surface area (TPSA) is 24.9 Å². The molecule has 2 aliphatic rings. The van der Waals surface area contributed by atoms with E-state index in [1.54, 1.807) is 0 Å². The molecule has 2 unspecified atom stereocenters. The van der Waals surface area contributed by atoms with Crippen LogP contribution in [-0.2, 0) is 6.54 Å². The van der Waals surface area contributed by atoms with Crippen LogP contribution < -0.4 is 5.32 Å². The van der Waals surface area contributed by atoms with Crippen LogP contribution in [0.1, 0.15) is 79.8 Å². The van der Waals surface area contributed by atoms with Crippen molar-refractivity contribution in [1.29, 1.82) is 0 Å². The third-order valence-electron chi connectivity index (χ3n) is 4.71. The molecule has 0 spiro atoms. The molecular weight excluding hydrogens is 252 g/mol. The zero-order valence-corrected chi connectivity index (χ0v) is 13.1. The minimum atomic E-state index is 0.767. The maximum atomic E-state index is 5.05. The fourth-order valence-corrected chi connectivity index (χ4v) is 4.54. The van der Waals surface area contributed by atoms with Crippen molar-refractivity contribution in [1.82, 2.24) is 10.3 Å². The molecule has 3 heteroatoms. The fourth-order valence-electron chi connectivity index (χ4n) is 3.27. The highest BCUT2D eigenvalue weighted by atomic mass is 32.1. The van der Waals surface area contributed by atoms with Crippen LogP contribution in [0.2, 0.25) is 0 Å². The second-order valence-electron chi connectivity index (χ2n) is 6.20. The van der Waals surface area contributed by atoms with Gasteiger partial charge in [-0.2, -0.15) is 0 Å². The highest BCUT2D eigenvalue weighted by Gasteiger charge is 2.32. The Kier molecular flexibility index (Phi) is 4.23. The van der Waals surface area contributed by atoms with Crippen molar-refractivity contribution >= 4 is 11.3 Å². The lowest BCUT2D eigenvalue weighted by molar-refractivity contribution is 0.521. The monoisotopic (exact) mass is 278 g/mol. The summed E-state index contributed by atoms with van der Waals surface area (Å²) in [6.07, 6.45) is 8.25. The second kappa shape index (κ2) is 5.92. The molecule has 1 heterocycles. The highest BCUT2D eigenvalue weighted by Crippen LogP contribution is 2.46. The van der Waals surface area contributed by atoms with E-state index in [0.29, 0.717) is 0 Å². The SMILES string of the molecule is CCNCc1sc(C2CCC(CC)C2)nc1C1CC1. The van der Waals surface area contributed by atoms with Crippen LogP contribution in [0.4, 0.5) is 0 Å². The highest BCUT2D eigenvalue weighted by molar-refractivity contribution is 7.11. The van der Waals surface area contributed by atoms with Gasteiger partial charge in [-0.05, 0) is 44.6 Å². The molecule has 0 aliphatic heterocycles. The van der Waals surface area contributed by atoms with E-state index in [1.807, 2.05) is 11.3 Å². The minimum Gasteiger partial charge on any atom is -0.312 e. The van der Waals surface area contributed by atoms with Gasteiger partial charge in [-0.3, -0.25) is 0 Å². The number of hydrogen-bond donors (Lipinski definition) is 1. The summed E-state index contributed by atoms with van der Waals surface area (Å²) in [5, 5.41) is 4.93. The van der Waals surface area contributed by atoms with Crippen molar-refractivity contribution in [2.75, 3.05) is 6.54 Å². The lowest BCUT2D eigenvalue weighted by atomic mass is 10.0. The second-order valence-corrected chi connectivity index (χ2v) is 7.31. The zero-order valence-electron chi connectivity index (χ0n) is 12.2. The normalized spacial score (nSPS) is 27.1. The van der Waals surface area contributed by atoms with E-state index in [1.165, 1.54) is 54.1 Å². The van der Waals surface area contributed by atoms with Gasteiger partial charge in [0, 0.05) is 23.3 Å². The van der Waals surface area contributed by atoms with Gasteiger partial charge < -0.3 is 5.32 Å². The van der Waals surface area contributed by atoms with Gasteiger partial charge >= 0.3 is 0 Å². The molecule has 0 saturated heterocycles. The minimum absolute atomic E-state index is 0.767. The van der Waals surface area contributed by atoms with Crippen molar-refractivity contribution in [3.8, 4) is 0 Å². The van der Waals surface area contributed by atoms with Crippen LogP contribution in [0.25, 0.3) is 0 Å². The summed E-state index contributed by atoms with van der Waals surface area (Å²) in [5.74, 6) is 2.51. The standard InChI is InChI=1S/C16H26N2S/c1-3-11-5-6-13(9-11)16-18-15(12-7-8-12)14(19-16)10-17-4-2/h11-13,17H,3-10H2,1-2H3. The molecule has 2 fully saturated rings. The van der Waals surface area contributed by atoms with E-state index < -0.39 is 0 Å². The molecule has 1 aromatic heterocycles. The zero-order chi connectivity index (χ0) is 13.2. The smallest absolute Gasteiger partial charge is 0.0962 e. The summed E-state index contributed by atoms with van der Waals surface area (Å²) in [6, 6.07) is 0. The largest absolute Gasteiger partial charge is 0.312 e. The van der Waals surface area contributed by atoms with E-state index >= 15 is 0 Å². The molecular formula is C16H26N2S. The predicted molar refractivity (Wildman–Crippen MR) is 81.8 cm³/mol. The molecule has 0 radical (unpaired) electrons. The van der Waals surface area contributed by atoms with Gasteiger partial charge in [0.2, 0.25) is 0 Å². The maximum Gasteiger partial charge on any atom is 0.0962 e. The van der Waals surface area contributed by atoms with E-state index in [0.717, 1.165) is 30.8 Å². The van der Waals surface area contributed by atoms with Gasteiger partial charge in [0.15, 0.2) is 0 Å². The van der Waals surface area contributed by atoms with Gasteiger partial charge in [0.05, 0.1) is 10.7 Å². The molecule has 19 heavy (non-hydrogen) atoms. The van der Waals surface area contributed by atoms with Crippen molar-refractivity contribution in [2.24, 2.45) is 5.92 Å². The Morgan fingerprint density at radius 3 is 2.58 bits per heavy atom. The number of aromatic nitrogens is 1. The fraction of sp³-hybridized carbons (Fsp3) is 0.812. The Hall–Kier alpha value is -0.410. The molecule has 0 aromatic carbocycles. The van der Waals surface area contributed by atoms with Crippen LogP contribution in [0.3, 0.4) is 0 Å². The molecule has 1 aromatic rings. The number of nitrogens with zero attached hydrogens (tertiary/aromatic N) is 1. The first-order valence-electron chi connectivity index (χ1n) is 8.02. The van der Waals surface area contributed by atoms with Gasteiger partial charge in [-0.1, -0.05) is 20.3 Å². The quantitative estimate of drug-likeness (QED) is 0.833. The molecule has 0 bridgehead atoms. The van der Waals surface area contributed by atoms with Crippen molar-refractivity contribution in [3.63, 3.8) is 0 Å². The third-order valence-corrected chi connectivity index (χ3v) is 5.95. The number of nitrogens with one attached hydrogen (secondary N) is 1. The first kappa shape index (κ1) is 13.6. The summed E-state index contributed by atoms with van der Waals surface area (Å²) in [7, 11) is 0. The Morgan fingerprint density at radius 1 is 1.16 bits per heavy atom. The summed E-state index contributed by atoms with van der Waals surface area (Å²) in [4.78, 5) is 6.58. The Morgan fingerprint density at radius 2 is 1.95 bits per heavy atom. The first-order valence-corrected chi connectivity index (χ1v) is 8.83. The van der Waals surface area contributed by atoms with Gasteiger partial charge in [-0.15, -0.1) is 11.3 Å². The van der Waals surface area contributed by atoms with Crippen LogP contribution in [0, 0.1) is 5.92 Å². The average molecular weight is 278 g/mol. The summed E-state index contributed by atoms with van der Waals surface area (Å²) < 4.78 is 0. The van der Waals surface area contributed by atoms with E-state index in [4.69, 9.17) is 4.98 Å². The van der Waals surface area contributed by atoms with E-state index in [-0.39, 0.29) is 0 Å². The summed E-state index contributed by atoms with van der Waals surface area (Å²) in [6.45, 7) is 6.60. The molecule has 1 N–H and O–H groups in total. The predicted octanol–water partition coefficient (Wildman–Crippen LogP) is 4.42. The van der Waals surface area contributed by atoms with Gasteiger partial charge in [0.25, 0.3) is 0 Å². The Labute approximate surface area is 121 Å². The number of rotatable bonds is 6. The van der Waals surface area contributed by atoms with E-state index in [9.17, 15) is 0 Å². The average Bonchev–Trinajstić information content (AvgIpc) is 3.02. The first-order chi connectivity index (χ1) is 9.31. The van der Waals surface area contributed by atoms with Crippen molar-refractivity contribution < 1.29 is 0 Å². The van der Waals surface area contributed by atoms with Gasteiger partial charge in [-0.25, -0.2) is 4.98 Å². The molecule has 3 rings (SSSR count). The Bertz CT molecular complexity index is 422. The van der Waals surface area contributed by atoms with Crippen molar-refractivity contribution in [2.45, 2.75) is 70.8 Å². The molecule has 0 amide bonds.